The summed E-state index contributed by atoms with van der Waals surface area (Å²) in [5.41, 5.74) is 5.34. The first-order chi connectivity index (χ1) is 30.1. The summed E-state index contributed by atoms with van der Waals surface area (Å²) in [6.07, 6.45) is 53.9. The van der Waals surface area contributed by atoms with E-state index in [1.807, 2.05) is 0 Å². The van der Waals surface area contributed by atoms with Crippen LogP contribution in [-0.2, 0) is 37.5 Å². The van der Waals surface area contributed by atoms with E-state index in [1.54, 1.807) is 0 Å². The minimum atomic E-state index is -4.73. The molecule has 0 heterocycles. The first-order valence-corrected chi connectivity index (χ1v) is 25.5. The molecule has 0 amide bonds. The molecule has 3 unspecified atom stereocenters. The predicted octanol–water partition coefficient (Wildman–Crippen LogP) is 13.3. The van der Waals surface area contributed by atoms with Gasteiger partial charge >= 0.3 is 25.7 Å². The van der Waals surface area contributed by atoms with Crippen LogP contribution in [0.5, 0.6) is 0 Å². The van der Waals surface area contributed by atoms with Crippen LogP contribution in [0.25, 0.3) is 0 Å². The molecule has 0 spiro atoms. The molecule has 4 N–H and O–H groups in total. The van der Waals surface area contributed by atoms with Gasteiger partial charge in [-0.1, -0.05) is 170 Å². The second-order valence-electron chi connectivity index (χ2n) is 15.9. The highest BCUT2D eigenvalue weighted by atomic mass is 31.2. The molecule has 12 heteroatoms. The van der Waals surface area contributed by atoms with Crippen molar-refractivity contribution in [1.82, 2.24) is 0 Å². The van der Waals surface area contributed by atoms with Crippen molar-refractivity contribution in [2.24, 2.45) is 5.73 Å². The Bertz CT molecular complexity index is 1320. The molecule has 356 valence electrons. The van der Waals surface area contributed by atoms with Crippen LogP contribution in [0.15, 0.2) is 72.9 Å². The van der Waals surface area contributed by atoms with Gasteiger partial charge in [0.1, 0.15) is 12.6 Å². The zero-order valence-corrected chi connectivity index (χ0v) is 39.6. The Morgan fingerprint density at radius 3 is 1.39 bits per heavy atom. The van der Waals surface area contributed by atoms with Crippen LogP contribution in [0.3, 0.4) is 0 Å². The third-order valence-corrected chi connectivity index (χ3v) is 10.9. The topological polar surface area (TPSA) is 172 Å². The van der Waals surface area contributed by atoms with Gasteiger partial charge in [0.25, 0.3) is 0 Å². The number of carboxylic acid groups (broad SMARTS) is 1. The summed E-state index contributed by atoms with van der Waals surface area (Å²) in [6, 6.07) is -1.53. The van der Waals surface area contributed by atoms with Gasteiger partial charge in [-0.2, -0.15) is 0 Å². The zero-order valence-electron chi connectivity index (χ0n) is 38.7. The number of carbonyl (C=O) groups is 3. The van der Waals surface area contributed by atoms with Gasteiger partial charge in [0, 0.05) is 12.8 Å². The van der Waals surface area contributed by atoms with Gasteiger partial charge < -0.3 is 25.2 Å². The largest absolute Gasteiger partial charge is 0.480 e. The zero-order chi connectivity index (χ0) is 45.6. The average Bonchev–Trinajstić information content (AvgIpc) is 3.25. The number of hydrogen-bond donors (Lipinski definition) is 3. The molecule has 3 atom stereocenters. The Kier molecular flexibility index (Phi) is 42.3. The smallest absolute Gasteiger partial charge is 0.472 e. The lowest BCUT2D eigenvalue weighted by Gasteiger charge is -2.20. The van der Waals surface area contributed by atoms with Crippen LogP contribution in [0, 0.1) is 0 Å². The average molecular weight is 892 g/mol. The molecule has 0 aliphatic heterocycles. The molecule has 0 aromatic carbocycles. The number of aliphatic carboxylic acids is 1. The SMILES string of the molecule is CC/C=C\C/C=C\C/C=C\C/C=C\C/C=C\CCCCCC(=O)OC(COC(=O)CCCCCCCCCCC/C=C\CCCCCCCC)COP(=O)(O)OCC(N)C(=O)O. The molecular weight excluding hydrogens is 806 g/mol. The molecule has 0 aromatic rings. The number of phosphoric ester groups is 1. The van der Waals surface area contributed by atoms with Crippen molar-refractivity contribution in [1.29, 1.82) is 0 Å². The van der Waals surface area contributed by atoms with Gasteiger partial charge in [0.2, 0.25) is 0 Å². The van der Waals surface area contributed by atoms with Crippen LogP contribution in [-0.4, -0.2) is 59.9 Å². The molecule has 0 bridgehead atoms. The number of hydrogen-bond acceptors (Lipinski definition) is 9. The predicted molar refractivity (Wildman–Crippen MR) is 254 cm³/mol. The Balaban J connectivity index is 4.37. The van der Waals surface area contributed by atoms with Crippen molar-refractivity contribution in [2.75, 3.05) is 19.8 Å². The number of phosphoric acid groups is 1. The molecular formula is C50H86NO10P. The molecule has 11 nitrogen and oxygen atoms in total. The number of rotatable bonds is 44. The van der Waals surface area contributed by atoms with Crippen molar-refractivity contribution in [3.05, 3.63) is 72.9 Å². The summed E-state index contributed by atoms with van der Waals surface area (Å²) in [7, 11) is -4.73. The van der Waals surface area contributed by atoms with E-state index in [0.29, 0.717) is 12.8 Å². The second kappa shape index (κ2) is 44.5. The normalized spacial score (nSPS) is 14.3. The lowest BCUT2D eigenvalue weighted by atomic mass is 10.1. The Labute approximate surface area is 376 Å². The maximum Gasteiger partial charge on any atom is 0.472 e. The quantitative estimate of drug-likeness (QED) is 0.0230. The number of ether oxygens (including phenoxy) is 2. The van der Waals surface area contributed by atoms with E-state index < -0.39 is 51.1 Å². The first kappa shape index (κ1) is 58.9. The number of carbonyl (C=O) groups excluding carboxylic acids is 2. The Morgan fingerprint density at radius 1 is 0.516 bits per heavy atom. The van der Waals surface area contributed by atoms with Crippen LogP contribution < -0.4 is 5.73 Å². The standard InChI is InChI=1S/C50H86NO10P/c1-3-5-7-9-11-13-15-17-19-21-23-25-27-29-31-33-35-37-39-41-48(52)58-43-46(44-59-62(56,57)60-45-47(51)50(54)55)61-49(53)42-40-38-36-34-32-30-28-26-24-22-20-18-16-14-12-10-8-6-4-2/h6,8,12,14,17-20,24,26,30,32,46-47H,3-5,7,9-11,13,15-16,21-23,25,27-29,31,33-45,51H2,1-2H3,(H,54,55)(H,56,57)/b8-6-,14-12-,19-17-,20-18-,26-24-,32-30-. The molecule has 0 aliphatic rings. The van der Waals surface area contributed by atoms with Crippen LogP contribution in [0.1, 0.15) is 194 Å². The van der Waals surface area contributed by atoms with Crippen LogP contribution in [0.2, 0.25) is 0 Å². The van der Waals surface area contributed by atoms with Gasteiger partial charge in [-0.25, -0.2) is 4.57 Å². The summed E-state index contributed by atoms with van der Waals surface area (Å²) in [6.45, 7) is 2.66. The van der Waals surface area contributed by atoms with E-state index in [4.69, 9.17) is 24.8 Å². The van der Waals surface area contributed by atoms with Gasteiger partial charge in [-0.05, 0) is 83.5 Å². The fourth-order valence-electron chi connectivity index (χ4n) is 6.20. The Hall–Kier alpha value is -3.08. The number of nitrogens with two attached hydrogens (primary N) is 1. The van der Waals surface area contributed by atoms with Crippen molar-refractivity contribution < 1.29 is 47.5 Å². The van der Waals surface area contributed by atoms with E-state index in [1.165, 1.54) is 83.5 Å². The first-order valence-electron chi connectivity index (χ1n) is 24.0. The van der Waals surface area contributed by atoms with Crippen LogP contribution >= 0.6 is 7.82 Å². The summed E-state index contributed by atoms with van der Waals surface area (Å²) in [5, 5.41) is 8.91. The van der Waals surface area contributed by atoms with E-state index in [2.05, 4.69) is 91.3 Å². The summed E-state index contributed by atoms with van der Waals surface area (Å²) < 4.78 is 32.8. The highest BCUT2D eigenvalue weighted by Gasteiger charge is 2.28. The molecule has 0 radical (unpaired) electrons. The molecule has 0 saturated carbocycles. The fourth-order valence-corrected chi connectivity index (χ4v) is 6.98. The van der Waals surface area contributed by atoms with E-state index in [0.717, 1.165) is 70.6 Å². The maximum atomic E-state index is 12.7. The van der Waals surface area contributed by atoms with Crippen molar-refractivity contribution >= 4 is 25.7 Å². The fraction of sp³-hybridized carbons (Fsp3) is 0.700. The number of esters is 2. The van der Waals surface area contributed by atoms with Gasteiger partial charge in [0.15, 0.2) is 6.10 Å². The minimum Gasteiger partial charge on any atom is -0.480 e. The third-order valence-electron chi connectivity index (χ3n) is 9.94. The molecule has 62 heavy (non-hydrogen) atoms. The van der Waals surface area contributed by atoms with Gasteiger partial charge in [-0.3, -0.25) is 23.4 Å². The molecule has 0 rings (SSSR count). The lowest BCUT2D eigenvalue weighted by Crippen LogP contribution is -2.34. The highest BCUT2D eigenvalue weighted by molar-refractivity contribution is 7.47. The summed E-state index contributed by atoms with van der Waals surface area (Å²) in [4.78, 5) is 46.1. The number of allylic oxidation sites excluding steroid dienone is 12. The lowest BCUT2D eigenvalue weighted by molar-refractivity contribution is -0.161. The summed E-state index contributed by atoms with van der Waals surface area (Å²) >= 11 is 0. The van der Waals surface area contributed by atoms with E-state index in [-0.39, 0.29) is 19.4 Å². The number of unbranched alkanes of at least 4 members (excludes halogenated alkanes) is 18. The van der Waals surface area contributed by atoms with Crippen molar-refractivity contribution in [2.45, 2.75) is 206 Å². The van der Waals surface area contributed by atoms with E-state index in [9.17, 15) is 23.8 Å². The van der Waals surface area contributed by atoms with Gasteiger partial charge in [0.05, 0.1) is 13.2 Å². The van der Waals surface area contributed by atoms with Gasteiger partial charge in [-0.15, -0.1) is 0 Å². The van der Waals surface area contributed by atoms with Crippen molar-refractivity contribution in [3.8, 4) is 0 Å². The van der Waals surface area contributed by atoms with Crippen LogP contribution in [0.4, 0.5) is 0 Å². The Morgan fingerprint density at radius 2 is 0.903 bits per heavy atom. The minimum absolute atomic E-state index is 0.119. The number of carboxylic acids is 1. The second-order valence-corrected chi connectivity index (χ2v) is 17.3. The molecule has 0 saturated heterocycles. The summed E-state index contributed by atoms with van der Waals surface area (Å²) in [5.74, 6) is -2.43. The third kappa shape index (κ3) is 43.6. The van der Waals surface area contributed by atoms with Crippen molar-refractivity contribution in [3.63, 3.8) is 0 Å². The molecule has 0 aromatic heterocycles. The monoisotopic (exact) mass is 892 g/mol. The highest BCUT2D eigenvalue weighted by Crippen LogP contribution is 2.43. The molecule has 0 fully saturated rings. The maximum absolute atomic E-state index is 12.7. The van der Waals surface area contributed by atoms with E-state index >= 15 is 0 Å². The molecule has 0 aliphatic carbocycles.